The van der Waals surface area contributed by atoms with Crippen molar-refractivity contribution in [2.75, 3.05) is 13.1 Å². The molecule has 1 spiro atoms. The van der Waals surface area contributed by atoms with Gasteiger partial charge in [0.2, 0.25) is 0 Å². The molecule has 0 N–H and O–H groups in total. The van der Waals surface area contributed by atoms with E-state index in [1.165, 1.54) is 86.0 Å². The summed E-state index contributed by atoms with van der Waals surface area (Å²) in [6, 6.07) is 23.9. The third-order valence-electron chi connectivity index (χ3n) is 7.36. The van der Waals surface area contributed by atoms with Crippen molar-refractivity contribution in [1.29, 1.82) is 0 Å². The molecule has 0 bridgehead atoms. The lowest BCUT2D eigenvalue weighted by Crippen LogP contribution is -2.40. The highest BCUT2D eigenvalue weighted by molar-refractivity contribution is 5.70. The van der Waals surface area contributed by atoms with Crippen LogP contribution in [0.25, 0.3) is 22.3 Å². The van der Waals surface area contributed by atoms with Crippen LogP contribution in [0.5, 0.6) is 0 Å². The molecule has 0 amide bonds. The van der Waals surface area contributed by atoms with Gasteiger partial charge in [-0.1, -0.05) is 73.9 Å². The van der Waals surface area contributed by atoms with Crippen molar-refractivity contribution in [1.82, 2.24) is 9.88 Å². The van der Waals surface area contributed by atoms with Gasteiger partial charge in [0.25, 0.3) is 0 Å². The Morgan fingerprint density at radius 1 is 0.667 bits per heavy atom. The average Bonchev–Trinajstić information content (AvgIpc) is 2.82. The fourth-order valence-corrected chi connectivity index (χ4v) is 5.45. The van der Waals surface area contributed by atoms with Crippen LogP contribution in [0.15, 0.2) is 72.9 Å². The van der Waals surface area contributed by atoms with Crippen molar-refractivity contribution in [2.24, 2.45) is 5.41 Å². The molecule has 2 aromatic carbocycles. The van der Waals surface area contributed by atoms with Crippen LogP contribution in [0.3, 0.4) is 0 Å². The van der Waals surface area contributed by atoms with Crippen LogP contribution < -0.4 is 0 Å². The largest absolute Gasteiger partial charge is 0.297 e. The van der Waals surface area contributed by atoms with E-state index in [0.717, 1.165) is 6.54 Å². The number of hydrogen-bond donors (Lipinski definition) is 0. The molecule has 1 aromatic heterocycles. The Morgan fingerprint density at radius 2 is 1.30 bits per heavy atom. The van der Waals surface area contributed by atoms with E-state index in [9.17, 15) is 0 Å². The van der Waals surface area contributed by atoms with Gasteiger partial charge in [-0.25, -0.2) is 0 Å². The summed E-state index contributed by atoms with van der Waals surface area (Å²) >= 11 is 0. The third-order valence-corrected chi connectivity index (χ3v) is 7.36. The molecule has 1 saturated heterocycles. The first-order valence-corrected chi connectivity index (χ1v) is 11.6. The smallest absolute Gasteiger partial charge is 0.0550 e. The zero-order valence-corrected chi connectivity index (χ0v) is 17.9. The minimum Gasteiger partial charge on any atom is -0.297 e. The van der Waals surface area contributed by atoms with Crippen molar-refractivity contribution < 1.29 is 0 Å². The molecular weight excluding hydrogens is 364 g/mol. The number of hydrogen-bond acceptors (Lipinski definition) is 2. The molecule has 1 saturated carbocycles. The minimum atomic E-state index is 0.671. The Hall–Kier alpha value is -2.45. The number of benzene rings is 2. The first-order chi connectivity index (χ1) is 14.8. The molecule has 0 radical (unpaired) electrons. The highest BCUT2D eigenvalue weighted by Crippen LogP contribution is 2.44. The third kappa shape index (κ3) is 4.34. The van der Waals surface area contributed by atoms with Crippen LogP contribution in [-0.2, 0) is 6.54 Å². The van der Waals surface area contributed by atoms with Crippen molar-refractivity contribution >= 4 is 0 Å². The summed E-state index contributed by atoms with van der Waals surface area (Å²) in [7, 11) is 0. The number of rotatable bonds is 4. The molecule has 5 rings (SSSR count). The summed E-state index contributed by atoms with van der Waals surface area (Å²) in [4.78, 5) is 7.30. The second kappa shape index (κ2) is 8.73. The zero-order chi connectivity index (χ0) is 20.2. The normalized spacial score (nSPS) is 19.1. The number of aromatic nitrogens is 1. The number of pyridine rings is 1. The summed E-state index contributed by atoms with van der Waals surface area (Å²) in [6.07, 6.45) is 12.0. The zero-order valence-electron chi connectivity index (χ0n) is 17.9. The van der Waals surface area contributed by atoms with Crippen molar-refractivity contribution in [3.05, 3.63) is 78.6 Å². The van der Waals surface area contributed by atoms with Gasteiger partial charge < -0.3 is 0 Å². The maximum Gasteiger partial charge on any atom is 0.0550 e. The Kier molecular flexibility index (Phi) is 5.68. The van der Waals surface area contributed by atoms with E-state index < -0.39 is 0 Å². The van der Waals surface area contributed by atoms with E-state index in [2.05, 4.69) is 76.6 Å². The van der Waals surface area contributed by atoms with Gasteiger partial charge in [0.05, 0.1) is 5.69 Å². The van der Waals surface area contributed by atoms with Crippen LogP contribution in [0.1, 0.15) is 50.6 Å². The van der Waals surface area contributed by atoms with Gasteiger partial charge in [0.1, 0.15) is 0 Å². The standard InChI is InChI=1S/C28H32N2/c1-3-7-23(8-4-1)24-9-11-25(12-10-24)26-13-18-29-27(21-26)22-30-19-16-28(17-20-30)14-5-2-6-15-28/h1,3-4,7-13,18,21H,2,5-6,14-17,19-20,22H2. The number of nitrogens with zero attached hydrogens (tertiary/aromatic N) is 2. The van der Waals surface area contributed by atoms with Gasteiger partial charge >= 0.3 is 0 Å². The van der Waals surface area contributed by atoms with Crippen LogP contribution in [-0.4, -0.2) is 23.0 Å². The Morgan fingerprint density at radius 3 is 2.00 bits per heavy atom. The highest BCUT2D eigenvalue weighted by Gasteiger charge is 2.35. The first-order valence-electron chi connectivity index (χ1n) is 11.6. The van der Waals surface area contributed by atoms with Crippen molar-refractivity contribution in [3.8, 4) is 22.3 Å². The van der Waals surface area contributed by atoms with E-state index in [1.54, 1.807) is 0 Å². The second-order valence-electron chi connectivity index (χ2n) is 9.32. The summed E-state index contributed by atoms with van der Waals surface area (Å²) < 4.78 is 0. The fourth-order valence-electron chi connectivity index (χ4n) is 5.45. The number of piperidine rings is 1. The predicted molar refractivity (Wildman–Crippen MR) is 125 cm³/mol. The van der Waals surface area contributed by atoms with E-state index in [4.69, 9.17) is 0 Å². The van der Waals surface area contributed by atoms with Crippen molar-refractivity contribution in [3.63, 3.8) is 0 Å². The van der Waals surface area contributed by atoms with Crippen LogP contribution >= 0.6 is 0 Å². The van der Waals surface area contributed by atoms with Gasteiger partial charge in [-0.05, 0) is 78.6 Å². The summed E-state index contributed by atoms with van der Waals surface area (Å²) in [6.45, 7) is 3.45. The van der Waals surface area contributed by atoms with Gasteiger partial charge in [0.15, 0.2) is 0 Å². The van der Waals surface area contributed by atoms with Gasteiger partial charge in [-0.2, -0.15) is 0 Å². The summed E-state index contributed by atoms with van der Waals surface area (Å²) in [5.74, 6) is 0. The molecule has 2 heteroatoms. The molecular formula is C28H32N2. The van der Waals surface area contributed by atoms with E-state index in [1.807, 2.05) is 6.20 Å². The van der Waals surface area contributed by atoms with Gasteiger partial charge in [-0.15, -0.1) is 0 Å². The maximum atomic E-state index is 4.69. The van der Waals surface area contributed by atoms with Crippen LogP contribution in [0.4, 0.5) is 0 Å². The molecule has 0 atom stereocenters. The summed E-state index contributed by atoms with van der Waals surface area (Å²) in [5.41, 5.74) is 6.92. The first kappa shape index (κ1) is 19.5. The lowest BCUT2D eigenvalue weighted by Gasteiger charge is -2.44. The maximum absolute atomic E-state index is 4.69. The quantitative estimate of drug-likeness (QED) is 0.474. The molecule has 1 aliphatic heterocycles. The second-order valence-corrected chi connectivity index (χ2v) is 9.32. The topological polar surface area (TPSA) is 16.1 Å². The molecule has 1 aliphatic carbocycles. The monoisotopic (exact) mass is 396 g/mol. The molecule has 2 aliphatic rings. The number of likely N-dealkylation sites (tertiary alicyclic amines) is 1. The average molecular weight is 397 g/mol. The van der Waals surface area contributed by atoms with E-state index in [0.29, 0.717) is 5.41 Å². The van der Waals surface area contributed by atoms with Crippen LogP contribution in [0, 0.1) is 5.41 Å². The summed E-state index contributed by atoms with van der Waals surface area (Å²) in [5, 5.41) is 0. The lowest BCUT2D eigenvalue weighted by atomic mass is 9.68. The molecule has 30 heavy (non-hydrogen) atoms. The van der Waals surface area contributed by atoms with E-state index >= 15 is 0 Å². The Bertz CT molecular complexity index is 945. The van der Waals surface area contributed by atoms with Crippen LogP contribution in [0.2, 0.25) is 0 Å². The molecule has 3 aromatic rings. The minimum absolute atomic E-state index is 0.671. The molecule has 154 valence electrons. The van der Waals surface area contributed by atoms with E-state index in [-0.39, 0.29) is 0 Å². The van der Waals surface area contributed by atoms with Gasteiger partial charge in [0, 0.05) is 12.7 Å². The lowest BCUT2D eigenvalue weighted by molar-refractivity contribution is 0.0635. The van der Waals surface area contributed by atoms with Gasteiger partial charge in [-0.3, -0.25) is 9.88 Å². The molecule has 2 nitrogen and oxygen atoms in total. The molecule has 2 heterocycles. The predicted octanol–water partition coefficient (Wildman–Crippen LogP) is 6.96. The molecule has 0 unspecified atom stereocenters. The SMILES string of the molecule is c1ccc(-c2ccc(-c3ccnc(CN4CCC5(CCCCC5)CC4)c3)cc2)cc1. The Labute approximate surface area is 181 Å². The van der Waals surface area contributed by atoms with Crippen molar-refractivity contribution in [2.45, 2.75) is 51.5 Å². The Balaban J connectivity index is 1.25. The molecule has 2 fully saturated rings. The highest BCUT2D eigenvalue weighted by atomic mass is 15.1. The fraction of sp³-hybridized carbons (Fsp3) is 0.393.